The number of benzene rings is 2. The molecule has 0 spiro atoms. The largest absolute Gasteiger partial charge is 0.489 e. The molecule has 0 radical (unpaired) electrons. The predicted octanol–water partition coefficient (Wildman–Crippen LogP) is 4.49. The highest BCUT2D eigenvalue weighted by molar-refractivity contribution is 5.56. The maximum Gasteiger partial charge on any atom is 0.119 e. The summed E-state index contributed by atoms with van der Waals surface area (Å²) in [6.45, 7) is 9.21. The standard InChI is InChI=1S/C18H23NO/c1-13-8-10-17(11-9-13)20-16(4)12-19-18-14(2)6-5-7-15(18)3/h5-11,16,19H,12H2,1-4H3/t16-/m1/s1. The molecule has 0 fully saturated rings. The summed E-state index contributed by atoms with van der Waals surface area (Å²) >= 11 is 0. The van der Waals surface area contributed by atoms with Gasteiger partial charge in [-0.25, -0.2) is 0 Å². The molecule has 0 aromatic heterocycles. The van der Waals surface area contributed by atoms with Crippen molar-refractivity contribution in [2.24, 2.45) is 0 Å². The minimum absolute atomic E-state index is 0.122. The van der Waals surface area contributed by atoms with Crippen molar-refractivity contribution in [1.29, 1.82) is 0 Å². The fraction of sp³-hybridized carbons (Fsp3) is 0.333. The van der Waals surface area contributed by atoms with Crippen LogP contribution in [0.15, 0.2) is 42.5 Å². The molecule has 1 N–H and O–H groups in total. The van der Waals surface area contributed by atoms with Crippen LogP contribution in [0.5, 0.6) is 5.75 Å². The van der Waals surface area contributed by atoms with Crippen molar-refractivity contribution >= 4 is 5.69 Å². The van der Waals surface area contributed by atoms with E-state index in [1.165, 1.54) is 22.4 Å². The third-order valence-corrected chi connectivity index (χ3v) is 3.41. The van der Waals surface area contributed by atoms with Gasteiger partial charge in [0.05, 0.1) is 6.54 Å². The fourth-order valence-corrected chi connectivity index (χ4v) is 2.23. The van der Waals surface area contributed by atoms with E-state index < -0.39 is 0 Å². The van der Waals surface area contributed by atoms with Gasteiger partial charge in [-0.05, 0) is 51.0 Å². The van der Waals surface area contributed by atoms with Gasteiger partial charge in [0.2, 0.25) is 0 Å². The summed E-state index contributed by atoms with van der Waals surface area (Å²) in [5.74, 6) is 0.923. The number of ether oxygens (including phenoxy) is 1. The molecular formula is C18H23NO. The quantitative estimate of drug-likeness (QED) is 0.863. The normalized spacial score (nSPS) is 12.0. The summed E-state index contributed by atoms with van der Waals surface area (Å²) in [5, 5.41) is 3.49. The van der Waals surface area contributed by atoms with E-state index in [1.807, 2.05) is 12.1 Å². The molecule has 0 aliphatic rings. The predicted molar refractivity (Wildman–Crippen MR) is 85.7 cm³/mol. The molecule has 0 aliphatic heterocycles. The second kappa shape index (κ2) is 6.47. The van der Waals surface area contributed by atoms with Gasteiger partial charge in [-0.1, -0.05) is 35.9 Å². The molecule has 0 unspecified atom stereocenters. The Hall–Kier alpha value is -1.96. The maximum absolute atomic E-state index is 5.91. The number of aryl methyl sites for hydroxylation is 3. The first-order valence-corrected chi connectivity index (χ1v) is 7.09. The molecule has 1 atom stereocenters. The second-order valence-corrected chi connectivity index (χ2v) is 5.39. The lowest BCUT2D eigenvalue weighted by atomic mass is 10.1. The van der Waals surface area contributed by atoms with Gasteiger partial charge < -0.3 is 10.1 Å². The van der Waals surface area contributed by atoms with E-state index >= 15 is 0 Å². The Kier molecular flexibility index (Phi) is 4.67. The lowest BCUT2D eigenvalue weighted by molar-refractivity contribution is 0.234. The molecule has 0 bridgehead atoms. The smallest absolute Gasteiger partial charge is 0.119 e. The molecule has 0 aliphatic carbocycles. The molecule has 0 saturated heterocycles. The summed E-state index contributed by atoms with van der Waals surface area (Å²) in [4.78, 5) is 0. The van der Waals surface area contributed by atoms with E-state index in [-0.39, 0.29) is 6.10 Å². The van der Waals surface area contributed by atoms with Crippen molar-refractivity contribution in [1.82, 2.24) is 0 Å². The summed E-state index contributed by atoms with van der Waals surface area (Å²) in [5.41, 5.74) is 5.01. The van der Waals surface area contributed by atoms with Crippen LogP contribution in [-0.4, -0.2) is 12.6 Å². The Morgan fingerprint density at radius 1 is 0.950 bits per heavy atom. The monoisotopic (exact) mass is 269 g/mol. The topological polar surface area (TPSA) is 21.3 Å². The van der Waals surface area contributed by atoms with Gasteiger partial charge in [-0.3, -0.25) is 0 Å². The molecular weight excluding hydrogens is 246 g/mol. The van der Waals surface area contributed by atoms with Crippen LogP contribution in [0.3, 0.4) is 0 Å². The van der Waals surface area contributed by atoms with Gasteiger partial charge in [-0.15, -0.1) is 0 Å². The zero-order chi connectivity index (χ0) is 14.5. The third kappa shape index (κ3) is 3.77. The van der Waals surface area contributed by atoms with Crippen LogP contribution in [0.1, 0.15) is 23.6 Å². The van der Waals surface area contributed by atoms with E-state index in [9.17, 15) is 0 Å². The Bertz CT molecular complexity index is 540. The van der Waals surface area contributed by atoms with E-state index in [2.05, 4.69) is 63.3 Å². The molecule has 0 saturated carbocycles. The van der Waals surface area contributed by atoms with E-state index in [0.717, 1.165) is 12.3 Å². The lowest BCUT2D eigenvalue weighted by Crippen LogP contribution is -2.23. The molecule has 0 heterocycles. The van der Waals surface area contributed by atoms with Gasteiger partial charge >= 0.3 is 0 Å². The average molecular weight is 269 g/mol. The number of para-hydroxylation sites is 1. The van der Waals surface area contributed by atoms with E-state index in [4.69, 9.17) is 4.74 Å². The average Bonchev–Trinajstić information content (AvgIpc) is 2.41. The van der Waals surface area contributed by atoms with E-state index in [0.29, 0.717) is 0 Å². The number of hydrogen-bond donors (Lipinski definition) is 1. The van der Waals surface area contributed by atoms with Crippen LogP contribution in [0, 0.1) is 20.8 Å². The Labute approximate surface area is 121 Å². The first-order valence-electron chi connectivity index (χ1n) is 7.09. The Morgan fingerprint density at radius 3 is 2.15 bits per heavy atom. The van der Waals surface area contributed by atoms with Crippen LogP contribution >= 0.6 is 0 Å². The van der Waals surface area contributed by atoms with Crippen LogP contribution in [-0.2, 0) is 0 Å². The minimum Gasteiger partial charge on any atom is -0.489 e. The zero-order valence-electron chi connectivity index (χ0n) is 12.7. The fourth-order valence-electron chi connectivity index (χ4n) is 2.23. The number of anilines is 1. The SMILES string of the molecule is Cc1ccc(O[C@H](C)CNc2c(C)cccc2C)cc1. The molecule has 106 valence electrons. The molecule has 20 heavy (non-hydrogen) atoms. The highest BCUT2D eigenvalue weighted by Gasteiger charge is 2.06. The molecule has 2 heteroatoms. The number of hydrogen-bond acceptors (Lipinski definition) is 2. The third-order valence-electron chi connectivity index (χ3n) is 3.41. The minimum atomic E-state index is 0.122. The van der Waals surface area contributed by atoms with Gasteiger partial charge in [0, 0.05) is 5.69 Å². The van der Waals surface area contributed by atoms with Crippen molar-refractivity contribution in [3.63, 3.8) is 0 Å². The molecule has 0 amide bonds. The van der Waals surface area contributed by atoms with E-state index in [1.54, 1.807) is 0 Å². The Balaban J connectivity index is 1.92. The highest BCUT2D eigenvalue weighted by atomic mass is 16.5. The van der Waals surface area contributed by atoms with Gasteiger partial charge in [0.25, 0.3) is 0 Å². The van der Waals surface area contributed by atoms with Crippen molar-refractivity contribution in [2.75, 3.05) is 11.9 Å². The van der Waals surface area contributed by atoms with Crippen molar-refractivity contribution in [3.8, 4) is 5.75 Å². The van der Waals surface area contributed by atoms with Crippen molar-refractivity contribution in [3.05, 3.63) is 59.2 Å². The van der Waals surface area contributed by atoms with Gasteiger partial charge in [0.15, 0.2) is 0 Å². The van der Waals surface area contributed by atoms with Gasteiger partial charge in [-0.2, -0.15) is 0 Å². The number of nitrogens with one attached hydrogen (secondary N) is 1. The van der Waals surface area contributed by atoms with Crippen LogP contribution in [0.4, 0.5) is 5.69 Å². The summed E-state index contributed by atoms with van der Waals surface area (Å²) in [6, 6.07) is 14.5. The second-order valence-electron chi connectivity index (χ2n) is 5.39. The first-order chi connectivity index (χ1) is 9.56. The molecule has 2 rings (SSSR count). The molecule has 2 nitrogen and oxygen atoms in total. The maximum atomic E-state index is 5.91. The summed E-state index contributed by atoms with van der Waals surface area (Å²) in [7, 11) is 0. The zero-order valence-corrected chi connectivity index (χ0v) is 12.7. The highest BCUT2D eigenvalue weighted by Crippen LogP contribution is 2.20. The van der Waals surface area contributed by atoms with Crippen molar-refractivity contribution < 1.29 is 4.74 Å². The lowest BCUT2D eigenvalue weighted by Gasteiger charge is -2.18. The van der Waals surface area contributed by atoms with Gasteiger partial charge in [0.1, 0.15) is 11.9 Å². The summed E-state index contributed by atoms with van der Waals surface area (Å²) < 4.78 is 5.91. The molecule has 2 aromatic carbocycles. The molecule has 2 aromatic rings. The summed E-state index contributed by atoms with van der Waals surface area (Å²) in [6.07, 6.45) is 0.122. The van der Waals surface area contributed by atoms with Crippen LogP contribution in [0.25, 0.3) is 0 Å². The number of rotatable bonds is 5. The van der Waals surface area contributed by atoms with Crippen LogP contribution in [0.2, 0.25) is 0 Å². The Morgan fingerprint density at radius 2 is 1.55 bits per heavy atom. The van der Waals surface area contributed by atoms with Crippen molar-refractivity contribution in [2.45, 2.75) is 33.8 Å². The first kappa shape index (κ1) is 14.4. The van der Waals surface area contributed by atoms with Crippen LogP contribution < -0.4 is 10.1 Å².